The lowest BCUT2D eigenvalue weighted by Gasteiger charge is -2.09. The molecule has 0 N–H and O–H groups in total. The molecule has 0 saturated heterocycles. The van der Waals surface area contributed by atoms with Gasteiger partial charge >= 0.3 is 0 Å². The van der Waals surface area contributed by atoms with Gasteiger partial charge in [0.1, 0.15) is 0 Å². The molecule has 48 valence electrons. The SMILES string of the molecule is C=C1C=CC(C)=C(C)C1. The van der Waals surface area contributed by atoms with Crippen LogP contribution in [0.4, 0.5) is 0 Å². The molecule has 9 heavy (non-hydrogen) atoms. The number of allylic oxidation sites excluding steroid dienone is 5. The molecule has 0 atom stereocenters. The second-order valence-corrected chi connectivity index (χ2v) is 2.63. The van der Waals surface area contributed by atoms with Crippen LogP contribution in [0.1, 0.15) is 20.3 Å². The molecule has 0 nitrogen and oxygen atoms in total. The summed E-state index contributed by atoms with van der Waals surface area (Å²) in [6.45, 7) is 8.17. The minimum atomic E-state index is 1.06. The topological polar surface area (TPSA) is 0 Å². The summed E-state index contributed by atoms with van der Waals surface area (Å²) in [4.78, 5) is 0. The zero-order valence-electron chi connectivity index (χ0n) is 6.07. The number of hydrogen-bond acceptors (Lipinski definition) is 0. The third kappa shape index (κ3) is 1.32. The summed E-state index contributed by atoms with van der Waals surface area (Å²) < 4.78 is 0. The predicted molar refractivity (Wildman–Crippen MR) is 41.3 cm³/mol. The van der Waals surface area contributed by atoms with E-state index in [1.807, 2.05) is 0 Å². The van der Waals surface area contributed by atoms with Crippen molar-refractivity contribution < 1.29 is 0 Å². The minimum absolute atomic E-state index is 1.06. The van der Waals surface area contributed by atoms with Crippen molar-refractivity contribution in [2.45, 2.75) is 20.3 Å². The van der Waals surface area contributed by atoms with Gasteiger partial charge in [0, 0.05) is 0 Å². The van der Waals surface area contributed by atoms with Gasteiger partial charge in [-0.3, -0.25) is 0 Å². The normalized spacial score (nSPS) is 19.1. The first-order valence-corrected chi connectivity index (χ1v) is 3.22. The maximum absolute atomic E-state index is 3.88. The predicted octanol–water partition coefficient (Wildman–Crippen LogP) is 2.84. The van der Waals surface area contributed by atoms with E-state index in [0.717, 1.165) is 6.42 Å². The maximum Gasteiger partial charge on any atom is -0.00700 e. The third-order valence-electron chi connectivity index (χ3n) is 1.73. The van der Waals surface area contributed by atoms with Crippen LogP contribution in [0.3, 0.4) is 0 Å². The fraction of sp³-hybridized carbons (Fsp3) is 0.333. The van der Waals surface area contributed by atoms with E-state index in [1.54, 1.807) is 0 Å². The van der Waals surface area contributed by atoms with Gasteiger partial charge < -0.3 is 0 Å². The lowest BCUT2D eigenvalue weighted by molar-refractivity contribution is 1.10. The van der Waals surface area contributed by atoms with Crippen LogP contribution in [0.5, 0.6) is 0 Å². The molecular formula is C9H12. The van der Waals surface area contributed by atoms with E-state index in [0.29, 0.717) is 0 Å². The van der Waals surface area contributed by atoms with Gasteiger partial charge in [0.05, 0.1) is 0 Å². The molecule has 1 rings (SSSR count). The van der Waals surface area contributed by atoms with Crippen molar-refractivity contribution >= 4 is 0 Å². The van der Waals surface area contributed by atoms with E-state index in [1.165, 1.54) is 16.7 Å². The summed E-state index contributed by atoms with van der Waals surface area (Å²) in [7, 11) is 0. The Morgan fingerprint density at radius 1 is 1.33 bits per heavy atom. The van der Waals surface area contributed by atoms with E-state index in [-0.39, 0.29) is 0 Å². The second-order valence-electron chi connectivity index (χ2n) is 2.63. The summed E-state index contributed by atoms with van der Waals surface area (Å²) >= 11 is 0. The van der Waals surface area contributed by atoms with Gasteiger partial charge in [-0.25, -0.2) is 0 Å². The molecule has 0 heterocycles. The first kappa shape index (κ1) is 6.34. The highest BCUT2D eigenvalue weighted by Gasteiger charge is 2.00. The second kappa shape index (κ2) is 2.22. The van der Waals surface area contributed by atoms with Crippen molar-refractivity contribution in [3.05, 3.63) is 35.5 Å². The van der Waals surface area contributed by atoms with Crippen molar-refractivity contribution in [1.82, 2.24) is 0 Å². The molecule has 0 saturated carbocycles. The first-order chi connectivity index (χ1) is 4.20. The monoisotopic (exact) mass is 120 g/mol. The van der Waals surface area contributed by atoms with Crippen LogP contribution < -0.4 is 0 Å². The quantitative estimate of drug-likeness (QED) is 0.461. The number of hydrogen-bond donors (Lipinski definition) is 0. The van der Waals surface area contributed by atoms with E-state index >= 15 is 0 Å². The first-order valence-electron chi connectivity index (χ1n) is 3.22. The third-order valence-corrected chi connectivity index (χ3v) is 1.73. The molecule has 1 aliphatic rings. The van der Waals surface area contributed by atoms with Crippen LogP contribution in [0.25, 0.3) is 0 Å². The molecule has 0 fully saturated rings. The van der Waals surface area contributed by atoms with Gasteiger partial charge in [-0.1, -0.05) is 35.5 Å². The van der Waals surface area contributed by atoms with E-state index in [2.05, 4.69) is 32.6 Å². The summed E-state index contributed by atoms with van der Waals surface area (Å²) in [5.41, 5.74) is 4.06. The van der Waals surface area contributed by atoms with Crippen molar-refractivity contribution in [1.29, 1.82) is 0 Å². The molecular weight excluding hydrogens is 108 g/mol. The Morgan fingerprint density at radius 2 is 2.00 bits per heavy atom. The summed E-state index contributed by atoms with van der Waals surface area (Å²) in [5.74, 6) is 0. The Labute approximate surface area is 56.6 Å². The van der Waals surface area contributed by atoms with Gasteiger partial charge in [-0.05, 0) is 20.3 Å². The van der Waals surface area contributed by atoms with Crippen LogP contribution in [0.15, 0.2) is 35.5 Å². The fourth-order valence-electron chi connectivity index (χ4n) is 0.924. The van der Waals surface area contributed by atoms with Gasteiger partial charge in [-0.2, -0.15) is 0 Å². The highest BCUT2D eigenvalue weighted by Crippen LogP contribution is 2.20. The molecule has 0 aromatic heterocycles. The molecule has 0 spiro atoms. The van der Waals surface area contributed by atoms with Crippen LogP contribution in [0, 0.1) is 0 Å². The van der Waals surface area contributed by atoms with Crippen molar-refractivity contribution in [3.8, 4) is 0 Å². The molecule has 0 bridgehead atoms. The highest BCUT2D eigenvalue weighted by molar-refractivity contribution is 5.37. The van der Waals surface area contributed by atoms with Crippen molar-refractivity contribution in [2.24, 2.45) is 0 Å². The molecule has 0 aromatic rings. The van der Waals surface area contributed by atoms with E-state index in [9.17, 15) is 0 Å². The zero-order valence-corrected chi connectivity index (χ0v) is 6.07. The summed E-state index contributed by atoms with van der Waals surface area (Å²) in [5, 5.41) is 0. The molecule has 0 aromatic carbocycles. The Kier molecular flexibility index (Phi) is 1.56. The molecule has 0 unspecified atom stereocenters. The summed E-state index contributed by atoms with van der Waals surface area (Å²) in [6.07, 6.45) is 5.27. The van der Waals surface area contributed by atoms with Crippen molar-refractivity contribution in [3.63, 3.8) is 0 Å². The van der Waals surface area contributed by atoms with E-state index in [4.69, 9.17) is 0 Å². The standard InChI is InChI=1S/C9H12/c1-7-4-5-8(2)9(3)6-7/h4-5H,1,6H2,2-3H3. The lowest BCUT2D eigenvalue weighted by atomic mass is 9.97. The zero-order chi connectivity index (χ0) is 6.85. The van der Waals surface area contributed by atoms with Crippen LogP contribution in [0.2, 0.25) is 0 Å². The van der Waals surface area contributed by atoms with Gasteiger partial charge in [0.25, 0.3) is 0 Å². The molecule has 0 radical (unpaired) electrons. The average Bonchev–Trinajstić information content (AvgIpc) is 1.80. The smallest absolute Gasteiger partial charge is 0.00700 e. The molecule has 0 aliphatic heterocycles. The highest BCUT2D eigenvalue weighted by atomic mass is 14.1. The fourth-order valence-corrected chi connectivity index (χ4v) is 0.924. The Morgan fingerprint density at radius 3 is 2.44 bits per heavy atom. The van der Waals surface area contributed by atoms with Crippen molar-refractivity contribution in [2.75, 3.05) is 0 Å². The minimum Gasteiger partial charge on any atom is -0.0955 e. The van der Waals surface area contributed by atoms with Crippen LogP contribution in [-0.2, 0) is 0 Å². The Balaban J connectivity index is 2.87. The molecule has 0 amide bonds. The largest absolute Gasteiger partial charge is 0.0955 e. The van der Waals surface area contributed by atoms with Gasteiger partial charge in [0.2, 0.25) is 0 Å². The van der Waals surface area contributed by atoms with Gasteiger partial charge in [-0.15, -0.1) is 0 Å². The van der Waals surface area contributed by atoms with Crippen LogP contribution >= 0.6 is 0 Å². The van der Waals surface area contributed by atoms with E-state index < -0.39 is 0 Å². The van der Waals surface area contributed by atoms with Gasteiger partial charge in [0.15, 0.2) is 0 Å². The number of rotatable bonds is 0. The average molecular weight is 120 g/mol. The lowest BCUT2D eigenvalue weighted by Crippen LogP contribution is -1.89. The van der Waals surface area contributed by atoms with Crippen LogP contribution in [-0.4, -0.2) is 0 Å². The Bertz CT molecular complexity index is 192. The Hall–Kier alpha value is -0.780. The maximum atomic E-state index is 3.88. The molecule has 0 heteroatoms. The molecule has 1 aliphatic carbocycles. The summed E-state index contributed by atoms with van der Waals surface area (Å²) in [6, 6.07) is 0.